The molecule has 0 amide bonds. The van der Waals surface area contributed by atoms with Crippen LogP contribution in [-0.2, 0) is 0 Å². The summed E-state index contributed by atoms with van der Waals surface area (Å²) in [6, 6.07) is 4.27. The molecule has 100 valence electrons. The van der Waals surface area contributed by atoms with Gasteiger partial charge in [0.25, 0.3) is 0 Å². The summed E-state index contributed by atoms with van der Waals surface area (Å²) in [5, 5.41) is 18.2. The quantitative estimate of drug-likeness (QED) is 0.695. The molecule has 0 aliphatic rings. The highest BCUT2D eigenvalue weighted by molar-refractivity contribution is 5.91. The van der Waals surface area contributed by atoms with E-state index in [1.165, 1.54) is 31.4 Å². The molecule has 0 fully saturated rings. The Labute approximate surface area is 107 Å². The van der Waals surface area contributed by atoms with Gasteiger partial charge < -0.3 is 14.9 Å². The number of carbonyl (C=O) groups is 1. The average Bonchev–Trinajstić information content (AvgIpc) is 2.35. The van der Waals surface area contributed by atoms with Gasteiger partial charge in [0, 0.05) is 0 Å². The number of rotatable bonds is 8. The highest BCUT2D eigenvalue weighted by Crippen LogP contribution is 2.23. The molecule has 0 radical (unpaired) electrons. The smallest absolute Gasteiger partial charge is 0.339 e. The fourth-order valence-corrected chi connectivity index (χ4v) is 1.67. The van der Waals surface area contributed by atoms with E-state index in [0.717, 1.165) is 12.8 Å². The minimum atomic E-state index is -1.15. The third-order valence-corrected chi connectivity index (χ3v) is 2.72. The standard InChI is InChI=1S/C14H20O4/c1-2-3-4-5-6-9-18-11-7-8-13(15)12(10-11)14(16)17/h7-8,10,15H,2-6,9H2,1H3,(H,16,17). The van der Waals surface area contributed by atoms with Crippen molar-refractivity contribution in [3.63, 3.8) is 0 Å². The first-order valence-electron chi connectivity index (χ1n) is 6.34. The maximum atomic E-state index is 10.8. The number of hydrogen-bond acceptors (Lipinski definition) is 3. The predicted octanol–water partition coefficient (Wildman–Crippen LogP) is 3.44. The Kier molecular flexibility index (Phi) is 6.05. The molecular formula is C14H20O4. The van der Waals surface area contributed by atoms with E-state index in [2.05, 4.69) is 6.92 Å². The summed E-state index contributed by atoms with van der Waals surface area (Å²) >= 11 is 0. The number of hydrogen-bond donors (Lipinski definition) is 2. The van der Waals surface area contributed by atoms with Crippen LogP contribution in [0.5, 0.6) is 11.5 Å². The van der Waals surface area contributed by atoms with Gasteiger partial charge in [-0.2, -0.15) is 0 Å². The van der Waals surface area contributed by atoms with Gasteiger partial charge in [0.05, 0.1) is 6.61 Å². The van der Waals surface area contributed by atoms with Gasteiger partial charge in [-0.25, -0.2) is 4.79 Å². The molecule has 0 aliphatic carbocycles. The molecule has 0 atom stereocenters. The molecule has 0 heterocycles. The zero-order valence-electron chi connectivity index (χ0n) is 10.7. The van der Waals surface area contributed by atoms with E-state index in [4.69, 9.17) is 9.84 Å². The number of unbranched alkanes of at least 4 members (excludes halogenated alkanes) is 4. The maximum Gasteiger partial charge on any atom is 0.339 e. The molecule has 0 unspecified atom stereocenters. The van der Waals surface area contributed by atoms with Crippen molar-refractivity contribution < 1.29 is 19.7 Å². The van der Waals surface area contributed by atoms with Crippen LogP contribution < -0.4 is 4.74 Å². The van der Waals surface area contributed by atoms with Gasteiger partial charge in [-0.15, -0.1) is 0 Å². The SMILES string of the molecule is CCCCCCCOc1ccc(O)c(C(=O)O)c1. The van der Waals surface area contributed by atoms with E-state index in [9.17, 15) is 9.90 Å². The second kappa shape index (κ2) is 7.58. The molecule has 0 saturated carbocycles. The van der Waals surface area contributed by atoms with Crippen molar-refractivity contribution in [3.05, 3.63) is 23.8 Å². The van der Waals surface area contributed by atoms with Crippen molar-refractivity contribution in [1.82, 2.24) is 0 Å². The van der Waals surface area contributed by atoms with E-state index in [0.29, 0.717) is 12.4 Å². The zero-order chi connectivity index (χ0) is 13.4. The Morgan fingerprint density at radius 1 is 1.22 bits per heavy atom. The first kappa shape index (κ1) is 14.4. The van der Waals surface area contributed by atoms with E-state index < -0.39 is 5.97 Å². The summed E-state index contributed by atoms with van der Waals surface area (Å²) in [4.78, 5) is 10.8. The molecule has 0 aromatic heterocycles. The Bertz CT molecular complexity index is 387. The summed E-state index contributed by atoms with van der Waals surface area (Å²) in [5.41, 5.74) is -0.126. The van der Waals surface area contributed by atoms with Gasteiger partial charge in [-0.1, -0.05) is 32.6 Å². The van der Waals surface area contributed by atoms with Crippen LogP contribution in [0, 0.1) is 0 Å². The van der Waals surface area contributed by atoms with Gasteiger partial charge in [-0.05, 0) is 24.6 Å². The summed E-state index contributed by atoms with van der Waals surface area (Å²) in [6.07, 6.45) is 5.74. The van der Waals surface area contributed by atoms with Crippen molar-refractivity contribution >= 4 is 5.97 Å². The van der Waals surface area contributed by atoms with E-state index in [-0.39, 0.29) is 11.3 Å². The van der Waals surface area contributed by atoms with Crippen molar-refractivity contribution in [3.8, 4) is 11.5 Å². The maximum absolute atomic E-state index is 10.8. The predicted molar refractivity (Wildman–Crippen MR) is 69.3 cm³/mol. The molecule has 0 spiro atoms. The van der Waals surface area contributed by atoms with Crippen LogP contribution in [0.25, 0.3) is 0 Å². The summed E-state index contributed by atoms with van der Waals surface area (Å²) in [6.45, 7) is 2.74. The minimum Gasteiger partial charge on any atom is -0.507 e. The van der Waals surface area contributed by atoms with Crippen LogP contribution in [0.4, 0.5) is 0 Å². The number of aromatic hydroxyl groups is 1. The second-order valence-electron chi connectivity index (χ2n) is 4.25. The first-order valence-corrected chi connectivity index (χ1v) is 6.34. The van der Waals surface area contributed by atoms with Crippen LogP contribution in [0.3, 0.4) is 0 Å². The van der Waals surface area contributed by atoms with E-state index in [1.807, 2.05) is 0 Å². The largest absolute Gasteiger partial charge is 0.507 e. The Morgan fingerprint density at radius 2 is 1.94 bits per heavy atom. The Morgan fingerprint density at radius 3 is 2.61 bits per heavy atom. The van der Waals surface area contributed by atoms with Crippen LogP contribution in [0.2, 0.25) is 0 Å². The van der Waals surface area contributed by atoms with Crippen molar-refractivity contribution in [1.29, 1.82) is 0 Å². The fraction of sp³-hybridized carbons (Fsp3) is 0.500. The van der Waals surface area contributed by atoms with Crippen molar-refractivity contribution in [2.45, 2.75) is 39.0 Å². The number of carboxylic acid groups (broad SMARTS) is 1. The summed E-state index contributed by atoms with van der Waals surface area (Å²) in [7, 11) is 0. The normalized spacial score (nSPS) is 10.3. The van der Waals surface area contributed by atoms with Gasteiger partial charge in [0.1, 0.15) is 17.1 Å². The number of carboxylic acids is 1. The molecule has 0 saturated heterocycles. The lowest BCUT2D eigenvalue weighted by Crippen LogP contribution is -2.01. The van der Waals surface area contributed by atoms with Crippen LogP contribution in [0.15, 0.2) is 18.2 Å². The first-order chi connectivity index (χ1) is 8.65. The second-order valence-corrected chi connectivity index (χ2v) is 4.25. The van der Waals surface area contributed by atoms with Crippen LogP contribution >= 0.6 is 0 Å². The van der Waals surface area contributed by atoms with Crippen LogP contribution in [-0.4, -0.2) is 22.8 Å². The average molecular weight is 252 g/mol. The third-order valence-electron chi connectivity index (χ3n) is 2.72. The molecule has 4 heteroatoms. The molecule has 1 aromatic rings. The highest BCUT2D eigenvalue weighted by Gasteiger charge is 2.10. The lowest BCUT2D eigenvalue weighted by atomic mass is 10.1. The Balaban J connectivity index is 2.38. The van der Waals surface area contributed by atoms with Gasteiger partial charge in [-0.3, -0.25) is 0 Å². The number of phenols is 1. The number of ether oxygens (including phenoxy) is 1. The van der Waals surface area contributed by atoms with Crippen molar-refractivity contribution in [2.24, 2.45) is 0 Å². The molecule has 1 rings (SSSR count). The Hall–Kier alpha value is -1.71. The van der Waals surface area contributed by atoms with E-state index >= 15 is 0 Å². The molecule has 4 nitrogen and oxygen atoms in total. The van der Waals surface area contributed by atoms with Crippen molar-refractivity contribution in [2.75, 3.05) is 6.61 Å². The fourth-order valence-electron chi connectivity index (χ4n) is 1.67. The monoisotopic (exact) mass is 252 g/mol. The third kappa shape index (κ3) is 4.65. The highest BCUT2D eigenvalue weighted by atomic mass is 16.5. The van der Waals surface area contributed by atoms with Gasteiger partial charge in [0.2, 0.25) is 0 Å². The van der Waals surface area contributed by atoms with Gasteiger partial charge in [0.15, 0.2) is 0 Å². The zero-order valence-corrected chi connectivity index (χ0v) is 10.7. The molecular weight excluding hydrogens is 232 g/mol. The summed E-state index contributed by atoms with van der Waals surface area (Å²) in [5.74, 6) is -0.903. The minimum absolute atomic E-state index is 0.126. The number of aromatic carboxylic acids is 1. The number of benzene rings is 1. The van der Waals surface area contributed by atoms with Crippen LogP contribution in [0.1, 0.15) is 49.4 Å². The topological polar surface area (TPSA) is 66.8 Å². The lowest BCUT2D eigenvalue weighted by molar-refractivity contribution is 0.0693. The van der Waals surface area contributed by atoms with E-state index in [1.54, 1.807) is 6.07 Å². The molecule has 1 aromatic carbocycles. The molecule has 18 heavy (non-hydrogen) atoms. The molecule has 2 N–H and O–H groups in total. The van der Waals surface area contributed by atoms with Gasteiger partial charge >= 0.3 is 5.97 Å². The lowest BCUT2D eigenvalue weighted by Gasteiger charge is -2.07. The molecule has 0 bridgehead atoms. The summed E-state index contributed by atoms with van der Waals surface area (Å²) < 4.78 is 5.46. The molecule has 0 aliphatic heterocycles.